The fraction of sp³-hybridized carbons (Fsp3) is 0.919. The van der Waals surface area contributed by atoms with Crippen molar-refractivity contribution in [2.24, 2.45) is 5.92 Å². The lowest BCUT2D eigenvalue weighted by Crippen LogP contribution is -2.01. The molecule has 0 aromatic heterocycles. The van der Waals surface area contributed by atoms with Crippen molar-refractivity contribution in [2.45, 2.75) is 206 Å². The Hall–Kier alpha value is -0.790. The van der Waals surface area contributed by atoms with Gasteiger partial charge in [0, 0.05) is 6.08 Å². The zero-order valence-corrected chi connectivity index (χ0v) is 27.1. The lowest BCUT2D eigenvalue weighted by Gasteiger charge is -2.05. The normalized spacial score (nSPS) is 11.4. The molecule has 0 saturated carbocycles. The van der Waals surface area contributed by atoms with E-state index in [1.165, 1.54) is 192 Å². The molecule has 0 fully saturated rings. The molecule has 0 atom stereocenters. The van der Waals surface area contributed by atoms with Crippen molar-refractivity contribution in [1.29, 1.82) is 0 Å². The highest BCUT2D eigenvalue weighted by Gasteiger charge is 1.98. The molecule has 0 bridgehead atoms. The SMILES string of the molecule is C=CC(=O)OCCCCCCCCCCCCCCCCCCCCCCCCCCCCCCCC(C)C. The first kappa shape index (κ1) is 38.2. The number of ether oxygens (including phenoxy) is 1. The van der Waals surface area contributed by atoms with Gasteiger partial charge in [-0.25, -0.2) is 4.79 Å². The topological polar surface area (TPSA) is 26.3 Å². The van der Waals surface area contributed by atoms with Crippen molar-refractivity contribution in [3.8, 4) is 0 Å². The predicted octanol–water partition coefficient (Wildman–Crippen LogP) is 13.1. The smallest absolute Gasteiger partial charge is 0.330 e. The van der Waals surface area contributed by atoms with Crippen LogP contribution in [0.4, 0.5) is 0 Å². The van der Waals surface area contributed by atoms with E-state index >= 15 is 0 Å². The first-order valence-corrected chi connectivity index (χ1v) is 18.0. The van der Waals surface area contributed by atoms with Crippen LogP contribution in [-0.4, -0.2) is 12.6 Å². The minimum absolute atomic E-state index is 0.296. The Morgan fingerprint density at radius 1 is 0.462 bits per heavy atom. The number of carbonyl (C=O) groups is 1. The Morgan fingerprint density at radius 2 is 0.692 bits per heavy atom. The van der Waals surface area contributed by atoms with Crippen molar-refractivity contribution < 1.29 is 9.53 Å². The number of rotatable bonds is 33. The molecule has 0 amide bonds. The van der Waals surface area contributed by atoms with E-state index in [1.54, 1.807) is 0 Å². The molecule has 0 rings (SSSR count). The largest absolute Gasteiger partial charge is 0.463 e. The van der Waals surface area contributed by atoms with Crippen LogP contribution < -0.4 is 0 Å². The van der Waals surface area contributed by atoms with Gasteiger partial charge >= 0.3 is 5.97 Å². The van der Waals surface area contributed by atoms with Crippen LogP contribution in [0.15, 0.2) is 12.7 Å². The van der Waals surface area contributed by atoms with E-state index in [0.717, 1.165) is 12.3 Å². The minimum Gasteiger partial charge on any atom is -0.463 e. The molecule has 0 unspecified atom stereocenters. The van der Waals surface area contributed by atoms with Gasteiger partial charge in [-0.2, -0.15) is 0 Å². The molecule has 0 N–H and O–H groups in total. The molecule has 0 aliphatic heterocycles. The first-order valence-electron chi connectivity index (χ1n) is 18.0. The number of hydrogen-bond acceptors (Lipinski definition) is 2. The van der Waals surface area contributed by atoms with E-state index in [1.807, 2.05) is 0 Å². The fourth-order valence-electron chi connectivity index (χ4n) is 5.66. The van der Waals surface area contributed by atoms with Gasteiger partial charge < -0.3 is 4.74 Å². The monoisotopic (exact) mass is 549 g/mol. The molecular formula is C37H72O2. The summed E-state index contributed by atoms with van der Waals surface area (Å²) in [5.74, 6) is 0.593. The van der Waals surface area contributed by atoms with Gasteiger partial charge in [0.15, 0.2) is 0 Å². The predicted molar refractivity (Wildman–Crippen MR) is 175 cm³/mol. The van der Waals surface area contributed by atoms with Crippen LogP contribution in [0.25, 0.3) is 0 Å². The summed E-state index contributed by atoms with van der Waals surface area (Å²) in [4.78, 5) is 10.9. The summed E-state index contributed by atoms with van der Waals surface area (Å²) >= 11 is 0. The number of unbranched alkanes of at least 4 members (excludes halogenated alkanes) is 28. The molecule has 2 nitrogen and oxygen atoms in total. The molecule has 39 heavy (non-hydrogen) atoms. The molecule has 2 heteroatoms. The minimum atomic E-state index is -0.296. The van der Waals surface area contributed by atoms with Crippen molar-refractivity contribution in [1.82, 2.24) is 0 Å². The molecule has 0 heterocycles. The van der Waals surface area contributed by atoms with Gasteiger partial charge in [-0.1, -0.05) is 207 Å². The Labute approximate surface area is 246 Å². The second-order valence-corrected chi connectivity index (χ2v) is 12.8. The highest BCUT2D eigenvalue weighted by Crippen LogP contribution is 2.17. The van der Waals surface area contributed by atoms with Crippen LogP contribution in [0, 0.1) is 5.92 Å². The van der Waals surface area contributed by atoms with Gasteiger partial charge in [0.2, 0.25) is 0 Å². The maximum Gasteiger partial charge on any atom is 0.330 e. The van der Waals surface area contributed by atoms with Gasteiger partial charge in [0.25, 0.3) is 0 Å². The molecule has 0 aliphatic rings. The summed E-state index contributed by atoms with van der Waals surface area (Å²) < 4.78 is 5.00. The van der Waals surface area contributed by atoms with E-state index in [9.17, 15) is 4.79 Å². The molecule has 0 aromatic carbocycles. The average Bonchev–Trinajstić information content (AvgIpc) is 2.93. The molecule has 0 spiro atoms. The van der Waals surface area contributed by atoms with Crippen LogP contribution in [0.5, 0.6) is 0 Å². The first-order chi connectivity index (χ1) is 19.2. The zero-order chi connectivity index (χ0) is 28.5. The van der Waals surface area contributed by atoms with Crippen molar-refractivity contribution >= 4 is 5.97 Å². The summed E-state index contributed by atoms with van der Waals surface area (Å²) in [7, 11) is 0. The quantitative estimate of drug-likeness (QED) is 0.0463. The lowest BCUT2D eigenvalue weighted by atomic mass is 10.0. The molecule has 0 saturated heterocycles. The average molecular weight is 549 g/mol. The van der Waals surface area contributed by atoms with Crippen LogP contribution in [0.3, 0.4) is 0 Å². The van der Waals surface area contributed by atoms with Crippen molar-refractivity contribution in [3.05, 3.63) is 12.7 Å². The highest BCUT2D eigenvalue weighted by atomic mass is 16.5. The van der Waals surface area contributed by atoms with Crippen molar-refractivity contribution in [3.63, 3.8) is 0 Å². The van der Waals surface area contributed by atoms with Gasteiger partial charge in [-0.3, -0.25) is 0 Å². The van der Waals surface area contributed by atoms with Gasteiger partial charge in [0.05, 0.1) is 6.61 Å². The third kappa shape index (κ3) is 35.2. The molecular weight excluding hydrogens is 476 g/mol. The Morgan fingerprint density at radius 3 is 0.923 bits per heavy atom. The number of hydrogen-bond donors (Lipinski definition) is 0. The van der Waals surface area contributed by atoms with E-state index in [0.29, 0.717) is 6.61 Å². The summed E-state index contributed by atoms with van der Waals surface area (Å²) in [5.41, 5.74) is 0. The van der Waals surface area contributed by atoms with E-state index in [4.69, 9.17) is 4.74 Å². The van der Waals surface area contributed by atoms with Crippen LogP contribution in [0.2, 0.25) is 0 Å². The maximum absolute atomic E-state index is 10.9. The third-order valence-corrected chi connectivity index (χ3v) is 8.34. The van der Waals surface area contributed by atoms with Gasteiger partial charge in [0.1, 0.15) is 0 Å². The van der Waals surface area contributed by atoms with Crippen molar-refractivity contribution in [2.75, 3.05) is 6.61 Å². The zero-order valence-electron chi connectivity index (χ0n) is 27.1. The van der Waals surface area contributed by atoms with Gasteiger partial charge in [-0.15, -0.1) is 0 Å². The number of esters is 1. The van der Waals surface area contributed by atoms with E-state index in [2.05, 4.69) is 20.4 Å². The second kappa shape index (κ2) is 33.4. The fourth-order valence-corrected chi connectivity index (χ4v) is 5.66. The Kier molecular flexibility index (Phi) is 32.7. The molecule has 0 radical (unpaired) electrons. The number of carbonyl (C=O) groups excluding carboxylic acids is 1. The van der Waals surface area contributed by atoms with Crippen LogP contribution in [-0.2, 0) is 9.53 Å². The Balaban J connectivity index is 3.05. The summed E-state index contributed by atoms with van der Waals surface area (Å²) in [6, 6.07) is 0. The van der Waals surface area contributed by atoms with Crippen LogP contribution in [0.1, 0.15) is 206 Å². The standard InChI is InChI=1S/C37H72O2/c1-4-37(38)39-35-33-31-29-27-25-23-21-19-17-15-13-11-9-7-5-6-8-10-12-14-16-18-20-22-24-26-28-30-32-34-36(2)3/h4,36H,1,5-35H2,2-3H3. The third-order valence-electron chi connectivity index (χ3n) is 8.34. The Bertz CT molecular complexity index is 484. The summed E-state index contributed by atoms with van der Waals surface area (Å²) in [6.07, 6.45) is 43.8. The van der Waals surface area contributed by atoms with E-state index < -0.39 is 0 Å². The van der Waals surface area contributed by atoms with Gasteiger partial charge in [-0.05, 0) is 12.3 Å². The second-order valence-electron chi connectivity index (χ2n) is 12.8. The van der Waals surface area contributed by atoms with Crippen LogP contribution >= 0.6 is 0 Å². The lowest BCUT2D eigenvalue weighted by molar-refractivity contribution is -0.137. The summed E-state index contributed by atoms with van der Waals surface area (Å²) in [5, 5.41) is 0. The maximum atomic E-state index is 10.9. The van der Waals surface area contributed by atoms with E-state index in [-0.39, 0.29) is 5.97 Å². The molecule has 0 aromatic rings. The summed E-state index contributed by atoms with van der Waals surface area (Å²) in [6.45, 7) is 8.64. The molecule has 232 valence electrons. The molecule has 0 aliphatic carbocycles. The highest BCUT2D eigenvalue weighted by molar-refractivity contribution is 5.81.